The fourth-order valence-electron chi connectivity index (χ4n) is 2.90. The first-order valence-electron chi connectivity index (χ1n) is 10.6. The molecule has 24 heavy (non-hydrogen) atoms. The van der Waals surface area contributed by atoms with Crippen molar-refractivity contribution in [2.45, 2.75) is 110 Å². The molecule has 1 aromatic carbocycles. The quantitative estimate of drug-likeness (QED) is 0.270. The summed E-state index contributed by atoms with van der Waals surface area (Å²) in [5.41, 5.74) is 6.18. The highest BCUT2D eigenvalue weighted by Crippen LogP contribution is 2.13. The summed E-state index contributed by atoms with van der Waals surface area (Å²) in [5.74, 6) is 0. The molecule has 0 heterocycles. The van der Waals surface area contributed by atoms with Crippen LogP contribution in [-0.4, -0.2) is 0 Å². The standard InChI is InChI=1S/C17H36.C6H7N/c1-3-5-7-9-11-13-15-17-16-14-12-10-8-6-4-2;7-6-4-2-1-3-5-6/h3-17H2,1-2H3;1-5H,7H2. The smallest absolute Gasteiger partial charge is 0.0313 e. The highest BCUT2D eigenvalue weighted by atomic mass is 14.5. The lowest BCUT2D eigenvalue weighted by molar-refractivity contribution is 0.534. The van der Waals surface area contributed by atoms with Gasteiger partial charge in [0.05, 0.1) is 0 Å². The molecule has 0 atom stereocenters. The number of anilines is 1. The van der Waals surface area contributed by atoms with Gasteiger partial charge >= 0.3 is 0 Å². The molecule has 140 valence electrons. The zero-order valence-electron chi connectivity index (χ0n) is 16.6. The first-order chi connectivity index (χ1) is 11.8. The van der Waals surface area contributed by atoms with Crippen LogP contribution in [0, 0.1) is 0 Å². The van der Waals surface area contributed by atoms with Crippen molar-refractivity contribution < 1.29 is 0 Å². The van der Waals surface area contributed by atoms with E-state index in [0.29, 0.717) is 0 Å². The minimum absolute atomic E-state index is 0.822. The first kappa shape index (κ1) is 23.0. The van der Waals surface area contributed by atoms with E-state index in [9.17, 15) is 0 Å². The summed E-state index contributed by atoms with van der Waals surface area (Å²) in [7, 11) is 0. The van der Waals surface area contributed by atoms with Crippen LogP contribution in [0.15, 0.2) is 30.3 Å². The SMILES string of the molecule is CCCCCCCCCCCCCCCCC.Nc1ccccc1. The molecule has 0 radical (unpaired) electrons. The van der Waals surface area contributed by atoms with Crippen LogP contribution >= 0.6 is 0 Å². The Morgan fingerprint density at radius 2 is 0.792 bits per heavy atom. The lowest BCUT2D eigenvalue weighted by Crippen LogP contribution is -1.82. The average molecular weight is 334 g/mol. The predicted molar refractivity (Wildman–Crippen MR) is 111 cm³/mol. The van der Waals surface area contributed by atoms with Gasteiger partial charge in [-0.3, -0.25) is 0 Å². The molecule has 0 bridgehead atoms. The summed E-state index contributed by atoms with van der Waals surface area (Å²) >= 11 is 0. The molecule has 0 fully saturated rings. The van der Waals surface area contributed by atoms with Crippen LogP contribution in [0.3, 0.4) is 0 Å². The maximum absolute atomic E-state index is 5.36. The molecule has 0 aliphatic heterocycles. The number of para-hydroxylation sites is 1. The molecule has 1 heteroatoms. The number of nitrogens with two attached hydrogens (primary N) is 1. The largest absolute Gasteiger partial charge is 0.399 e. The van der Waals surface area contributed by atoms with Crippen LogP contribution in [0.1, 0.15) is 110 Å². The van der Waals surface area contributed by atoms with Crippen LogP contribution in [0.5, 0.6) is 0 Å². The predicted octanol–water partition coefficient (Wildman–Crippen LogP) is 8.15. The third-order valence-corrected chi connectivity index (χ3v) is 4.51. The number of benzene rings is 1. The summed E-state index contributed by atoms with van der Waals surface area (Å²) in [6.07, 6.45) is 21.9. The Labute approximate surface area is 152 Å². The van der Waals surface area contributed by atoms with E-state index in [2.05, 4.69) is 13.8 Å². The third kappa shape index (κ3) is 19.1. The molecule has 0 unspecified atom stereocenters. The molecule has 1 nitrogen and oxygen atoms in total. The normalized spacial score (nSPS) is 10.2. The Morgan fingerprint density at radius 3 is 1.00 bits per heavy atom. The topological polar surface area (TPSA) is 26.0 Å². The van der Waals surface area contributed by atoms with Gasteiger partial charge in [-0.1, -0.05) is 128 Å². The molecule has 2 N–H and O–H groups in total. The monoisotopic (exact) mass is 333 g/mol. The molecule has 0 aromatic heterocycles. The Hall–Kier alpha value is -0.980. The molecule has 0 aliphatic rings. The van der Waals surface area contributed by atoms with E-state index < -0.39 is 0 Å². The first-order valence-corrected chi connectivity index (χ1v) is 10.6. The minimum Gasteiger partial charge on any atom is -0.399 e. The molecular weight excluding hydrogens is 290 g/mol. The third-order valence-electron chi connectivity index (χ3n) is 4.51. The molecule has 1 rings (SSSR count). The van der Waals surface area contributed by atoms with Gasteiger partial charge in [0.15, 0.2) is 0 Å². The molecular formula is C23H43N. The van der Waals surface area contributed by atoms with Crippen molar-refractivity contribution in [3.8, 4) is 0 Å². The van der Waals surface area contributed by atoms with Crippen molar-refractivity contribution in [2.75, 3.05) is 5.73 Å². The van der Waals surface area contributed by atoms with Crippen LogP contribution in [0.4, 0.5) is 5.69 Å². The molecule has 0 spiro atoms. The van der Waals surface area contributed by atoms with Crippen molar-refractivity contribution in [1.82, 2.24) is 0 Å². The van der Waals surface area contributed by atoms with Gasteiger partial charge < -0.3 is 5.73 Å². The van der Waals surface area contributed by atoms with Crippen LogP contribution in [0.2, 0.25) is 0 Å². The van der Waals surface area contributed by atoms with Gasteiger partial charge in [0.2, 0.25) is 0 Å². The van der Waals surface area contributed by atoms with Crippen LogP contribution in [-0.2, 0) is 0 Å². The summed E-state index contributed by atoms with van der Waals surface area (Å²) < 4.78 is 0. The van der Waals surface area contributed by atoms with Crippen molar-refractivity contribution in [1.29, 1.82) is 0 Å². The highest BCUT2D eigenvalue weighted by molar-refractivity contribution is 5.35. The van der Waals surface area contributed by atoms with Gasteiger partial charge in [0.25, 0.3) is 0 Å². The van der Waals surface area contributed by atoms with Crippen LogP contribution in [0.25, 0.3) is 0 Å². The maximum atomic E-state index is 5.36. The maximum Gasteiger partial charge on any atom is 0.0313 e. The summed E-state index contributed by atoms with van der Waals surface area (Å²) in [6, 6.07) is 9.49. The van der Waals surface area contributed by atoms with Crippen molar-refractivity contribution in [2.24, 2.45) is 0 Å². The minimum atomic E-state index is 0.822. The molecule has 1 aromatic rings. The van der Waals surface area contributed by atoms with Gasteiger partial charge in [-0.05, 0) is 12.1 Å². The van der Waals surface area contributed by atoms with E-state index in [1.807, 2.05) is 30.3 Å². The summed E-state index contributed by atoms with van der Waals surface area (Å²) in [6.45, 7) is 4.58. The Balaban J connectivity index is 0.000000620. The number of rotatable bonds is 14. The van der Waals surface area contributed by atoms with Gasteiger partial charge in [0, 0.05) is 5.69 Å². The Bertz CT molecular complexity index is 306. The Kier molecular flexibility index (Phi) is 19.2. The second-order valence-corrected chi connectivity index (χ2v) is 7.01. The number of hydrogen-bond donors (Lipinski definition) is 1. The lowest BCUT2D eigenvalue weighted by atomic mass is 10.0. The number of nitrogen functional groups attached to an aromatic ring is 1. The van der Waals surface area contributed by atoms with Crippen molar-refractivity contribution >= 4 is 5.69 Å². The average Bonchev–Trinajstić information content (AvgIpc) is 2.60. The van der Waals surface area contributed by atoms with Crippen LogP contribution < -0.4 is 5.73 Å². The molecule has 0 saturated carbocycles. The van der Waals surface area contributed by atoms with Gasteiger partial charge in [-0.25, -0.2) is 0 Å². The van der Waals surface area contributed by atoms with E-state index in [0.717, 1.165) is 5.69 Å². The molecule has 0 aliphatic carbocycles. The number of hydrogen-bond acceptors (Lipinski definition) is 1. The summed E-state index contributed by atoms with van der Waals surface area (Å²) in [4.78, 5) is 0. The van der Waals surface area contributed by atoms with Gasteiger partial charge in [0.1, 0.15) is 0 Å². The second kappa shape index (κ2) is 20.1. The zero-order valence-corrected chi connectivity index (χ0v) is 16.6. The fourth-order valence-corrected chi connectivity index (χ4v) is 2.90. The second-order valence-electron chi connectivity index (χ2n) is 7.01. The van der Waals surface area contributed by atoms with Crippen molar-refractivity contribution in [3.63, 3.8) is 0 Å². The van der Waals surface area contributed by atoms with E-state index in [4.69, 9.17) is 5.73 Å². The Morgan fingerprint density at radius 1 is 0.500 bits per heavy atom. The fraction of sp³-hybridized carbons (Fsp3) is 0.739. The zero-order chi connectivity index (χ0) is 17.7. The van der Waals surface area contributed by atoms with E-state index >= 15 is 0 Å². The number of unbranched alkanes of at least 4 members (excludes halogenated alkanes) is 14. The molecule has 0 amide bonds. The highest BCUT2D eigenvalue weighted by Gasteiger charge is 1.93. The van der Waals surface area contributed by atoms with Crippen molar-refractivity contribution in [3.05, 3.63) is 30.3 Å². The van der Waals surface area contributed by atoms with E-state index in [-0.39, 0.29) is 0 Å². The van der Waals surface area contributed by atoms with Gasteiger partial charge in [-0.2, -0.15) is 0 Å². The molecule has 0 saturated heterocycles. The van der Waals surface area contributed by atoms with E-state index in [1.54, 1.807) is 0 Å². The van der Waals surface area contributed by atoms with Gasteiger partial charge in [-0.15, -0.1) is 0 Å². The summed E-state index contributed by atoms with van der Waals surface area (Å²) in [5, 5.41) is 0. The lowest BCUT2D eigenvalue weighted by Gasteiger charge is -2.02. The van der Waals surface area contributed by atoms with E-state index in [1.165, 1.54) is 96.3 Å².